The van der Waals surface area contributed by atoms with Crippen LogP contribution in [0.3, 0.4) is 0 Å². The second kappa shape index (κ2) is 3.66. The summed E-state index contributed by atoms with van der Waals surface area (Å²) in [5.74, 6) is 0. The van der Waals surface area contributed by atoms with Crippen molar-refractivity contribution < 1.29 is 0 Å². The minimum atomic E-state index is -0.201. The summed E-state index contributed by atoms with van der Waals surface area (Å²) in [4.78, 5) is 15.0. The third kappa shape index (κ3) is 1.32. The number of aromatic nitrogens is 3. The molecule has 0 atom stereocenters. The second-order valence-corrected chi connectivity index (χ2v) is 3.46. The van der Waals surface area contributed by atoms with Crippen molar-refractivity contribution in [2.45, 2.75) is 13.3 Å². The summed E-state index contributed by atoms with van der Waals surface area (Å²) in [6.45, 7) is 5.40. The predicted molar refractivity (Wildman–Crippen MR) is 59.2 cm³/mol. The van der Waals surface area contributed by atoms with Crippen LogP contribution in [0.4, 0.5) is 0 Å². The molecule has 0 fully saturated rings. The maximum atomic E-state index is 12.0. The minimum Gasteiger partial charge on any atom is -0.342 e. The van der Waals surface area contributed by atoms with E-state index < -0.39 is 0 Å². The van der Waals surface area contributed by atoms with Crippen LogP contribution in [0.1, 0.15) is 16.8 Å². The number of rotatable bonds is 2. The maximum Gasteiger partial charge on any atom is 0.278 e. The van der Waals surface area contributed by atoms with Crippen LogP contribution < -0.4 is 5.56 Å². The number of fused-ring (bicyclic) bond motifs is 1. The number of aromatic amines is 1. The number of nitrogens with one attached hydrogen (secondary N) is 1. The highest BCUT2D eigenvalue weighted by molar-refractivity contribution is 5.54. The van der Waals surface area contributed by atoms with E-state index in [1.54, 1.807) is 13.0 Å². The van der Waals surface area contributed by atoms with Crippen molar-refractivity contribution in [3.8, 4) is 6.07 Å². The van der Waals surface area contributed by atoms with Crippen LogP contribution in [0, 0.1) is 18.3 Å². The molecule has 16 heavy (non-hydrogen) atoms. The Hall–Kier alpha value is -2.35. The van der Waals surface area contributed by atoms with Gasteiger partial charge in [-0.3, -0.25) is 4.79 Å². The summed E-state index contributed by atoms with van der Waals surface area (Å²) in [5.41, 5.74) is 1.97. The molecule has 0 saturated heterocycles. The van der Waals surface area contributed by atoms with Gasteiger partial charge in [-0.2, -0.15) is 14.9 Å². The van der Waals surface area contributed by atoms with Gasteiger partial charge in [0.05, 0.1) is 6.20 Å². The summed E-state index contributed by atoms with van der Waals surface area (Å²) in [6.07, 6.45) is 3.53. The van der Waals surface area contributed by atoms with Crippen LogP contribution in [0.25, 0.3) is 5.65 Å². The van der Waals surface area contributed by atoms with Crippen molar-refractivity contribution in [1.29, 1.82) is 5.26 Å². The smallest absolute Gasteiger partial charge is 0.278 e. The molecule has 0 aliphatic heterocycles. The monoisotopic (exact) mass is 214 g/mol. The van der Waals surface area contributed by atoms with Gasteiger partial charge < -0.3 is 4.98 Å². The summed E-state index contributed by atoms with van der Waals surface area (Å²) >= 11 is 0. The molecule has 0 bridgehead atoms. The Balaban J connectivity index is 2.86. The van der Waals surface area contributed by atoms with Gasteiger partial charge in [0.15, 0.2) is 5.65 Å². The summed E-state index contributed by atoms with van der Waals surface area (Å²) < 4.78 is 1.21. The zero-order chi connectivity index (χ0) is 11.7. The second-order valence-electron chi connectivity index (χ2n) is 3.46. The summed E-state index contributed by atoms with van der Waals surface area (Å²) in [7, 11) is 0. The highest BCUT2D eigenvalue weighted by Gasteiger charge is 2.11. The Morgan fingerprint density at radius 1 is 1.75 bits per heavy atom. The lowest BCUT2D eigenvalue weighted by Gasteiger charge is -2.03. The van der Waals surface area contributed by atoms with E-state index in [0.717, 1.165) is 5.69 Å². The molecule has 2 heterocycles. The van der Waals surface area contributed by atoms with E-state index in [0.29, 0.717) is 23.2 Å². The van der Waals surface area contributed by atoms with E-state index in [9.17, 15) is 4.79 Å². The Morgan fingerprint density at radius 3 is 3.12 bits per heavy atom. The van der Waals surface area contributed by atoms with Gasteiger partial charge >= 0.3 is 0 Å². The first-order chi connectivity index (χ1) is 7.69. The number of nitriles is 1. The molecule has 0 saturated carbocycles. The van der Waals surface area contributed by atoms with E-state index in [4.69, 9.17) is 5.26 Å². The molecule has 5 nitrogen and oxygen atoms in total. The molecule has 0 unspecified atom stereocenters. The van der Waals surface area contributed by atoms with Crippen molar-refractivity contribution >= 4 is 5.65 Å². The molecular formula is C11H10N4O. The van der Waals surface area contributed by atoms with Crippen LogP contribution in [0.5, 0.6) is 0 Å². The Bertz CT molecular complexity index is 657. The molecule has 1 N–H and O–H groups in total. The average Bonchev–Trinajstić information content (AvgIpc) is 2.67. The third-order valence-corrected chi connectivity index (χ3v) is 2.45. The first kappa shape index (κ1) is 10.2. The molecule has 2 aromatic heterocycles. The van der Waals surface area contributed by atoms with E-state index in [1.807, 2.05) is 6.07 Å². The molecule has 2 aromatic rings. The number of H-pyrrole nitrogens is 1. The van der Waals surface area contributed by atoms with E-state index in [2.05, 4.69) is 16.7 Å². The number of allylic oxidation sites excluding steroid dienone is 1. The van der Waals surface area contributed by atoms with Gasteiger partial charge in [0, 0.05) is 11.3 Å². The van der Waals surface area contributed by atoms with Crippen molar-refractivity contribution in [2.24, 2.45) is 0 Å². The minimum absolute atomic E-state index is 0.201. The van der Waals surface area contributed by atoms with Crippen molar-refractivity contribution in [1.82, 2.24) is 14.6 Å². The van der Waals surface area contributed by atoms with Crippen LogP contribution in [0.2, 0.25) is 0 Å². The lowest BCUT2D eigenvalue weighted by Crippen LogP contribution is -2.21. The number of hydrogen-bond donors (Lipinski definition) is 1. The normalized spacial score (nSPS) is 10.2. The largest absolute Gasteiger partial charge is 0.342 e. The van der Waals surface area contributed by atoms with Crippen LogP contribution in [-0.2, 0) is 6.42 Å². The highest BCUT2D eigenvalue weighted by atomic mass is 16.1. The molecular weight excluding hydrogens is 204 g/mol. The number of nitrogens with zero attached hydrogens (tertiary/aromatic N) is 3. The van der Waals surface area contributed by atoms with E-state index in [1.165, 1.54) is 10.7 Å². The quantitative estimate of drug-likeness (QED) is 0.756. The van der Waals surface area contributed by atoms with Crippen LogP contribution in [-0.4, -0.2) is 14.6 Å². The number of aryl methyl sites for hydroxylation is 1. The van der Waals surface area contributed by atoms with Crippen molar-refractivity contribution in [2.75, 3.05) is 0 Å². The SMILES string of the molecule is C=CCc1c(C)[nH]c2c(C#N)cnn2c1=O. The summed E-state index contributed by atoms with van der Waals surface area (Å²) in [6, 6.07) is 1.98. The van der Waals surface area contributed by atoms with Gasteiger partial charge in [0.25, 0.3) is 5.56 Å². The average molecular weight is 214 g/mol. The van der Waals surface area contributed by atoms with Crippen molar-refractivity contribution in [3.63, 3.8) is 0 Å². The fourth-order valence-corrected chi connectivity index (χ4v) is 1.63. The molecule has 2 rings (SSSR count). The first-order valence-electron chi connectivity index (χ1n) is 4.79. The number of hydrogen-bond acceptors (Lipinski definition) is 3. The highest BCUT2D eigenvalue weighted by Crippen LogP contribution is 2.08. The van der Waals surface area contributed by atoms with Crippen molar-refractivity contribution in [3.05, 3.63) is 46.0 Å². The Kier molecular flexibility index (Phi) is 2.33. The van der Waals surface area contributed by atoms with Gasteiger partial charge in [-0.25, -0.2) is 0 Å². The lowest BCUT2D eigenvalue weighted by atomic mass is 10.1. The van der Waals surface area contributed by atoms with E-state index >= 15 is 0 Å². The molecule has 0 spiro atoms. The maximum absolute atomic E-state index is 12.0. The van der Waals surface area contributed by atoms with E-state index in [-0.39, 0.29) is 5.56 Å². The predicted octanol–water partition coefficient (Wildman–Crippen LogP) is 0.931. The summed E-state index contributed by atoms with van der Waals surface area (Å²) in [5, 5.41) is 12.7. The Labute approximate surface area is 91.6 Å². The van der Waals surface area contributed by atoms with Crippen LogP contribution >= 0.6 is 0 Å². The molecule has 0 aromatic carbocycles. The molecule has 0 aliphatic rings. The Morgan fingerprint density at radius 2 is 2.50 bits per heavy atom. The van der Waals surface area contributed by atoms with Gasteiger partial charge in [-0.15, -0.1) is 6.58 Å². The fraction of sp³-hybridized carbons (Fsp3) is 0.182. The van der Waals surface area contributed by atoms with Gasteiger partial charge in [0.2, 0.25) is 0 Å². The molecule has 5 heteroatoms. The zero-order valence-electron chi connectivity index (χ0n) is 8.82. The van der Waals surface area contributed by atoms with Crippen LogP contribution in [0.15, 0.2) is 23.6 Å². The molecule has 0 amide bonds. The lowest BCUT2D eigenvalue weighted by molar-refractivity contribution is 0.863. The molecule has 0 aliphatic carbocycles. The fourth-order valence-electron chi connectivity index (χ4n) is 1.63. The van der Waals surface area contributed by atoms with Gasteiger partial charge in [0.1, 0.15) is 11.6 Å². The third-order valence-electron chi connectivity index (χ3n) is 2.45. The van der Waals surface area contributed by atoms with Gasteiger partial charge in [-0.1, -0.05) is 6.08 Å². The first-order valence-corrected chi connectivity index (χ1v) is 4.79. The zero-order valence-corrected chi connectivity index (χ0v) is 8.82. The molecule has 80 valence electrons. The topological polar surface area (TPSA) is 73.9 Å². The van der Waals surface area contributed by atoms with Gasteiger partial charge in [-0.05, 0) is 13.3 Å². The standard InChI is InChI=1S/C11H10N4O/c1-3-4-9-7(2)14-10-8(5-12)6-13-15(10)11(9)16/h3,6,14H,1,4H2,2H3. The molecule has 0 radical (unpaired) electrons.